The van der Waals surface area contributed by atoms with Crippen molar-refractivity contribution in [2.45, 2.75) is 13.0 Å². The Morgan fingerprint density at radius 3 is 3.07 bits per heavy atom. The van der Waals surface area contributed by atoms with Gasteiger partial charge in [0.05, 0.1) is 5.56 Å². The van der Waals surface area contributed by atoms with E-state index in [0.29, 0.717) is 22.9 Å². The third-order valence-corrected chi connectivity index (χ3v) is 2.13. The normalized spacial score (nSPS) is 11.9. The van der Waals surface area contributed by atoms with E-state index in [-0.39, 0.29) is 6.04 Å². The minimum absolute atomic E-state index is 0.0777. The molecule has 0 bridgehead atoms. The molecule has 1 rings (SSSR count). The van der Waals surface area contributed by atoms with Gasteiger partial charge in [0.15, 0.2) is 0 Å². The summed E-state index contributed by atoms with van der Waals surface area (Å²) in [6.45, 7) is 2.39. The van der Waals surface area contributed by atoms with Crippen LogP contribution in [0.25, 0.3) is 0 Å². The molecule has 1 atom stereocenters. The van der Waals surface area contributed by atoms with Gasteiger partial charge in [0.2, 0.25) is 0 Å². The second kappa shape index (κ2) is 4.80. The Morgan fingerprint density at radius 1 is 1.79 bits per heavy atom. The van der Waals surface area contributed by atoms with Gasteiger partial charge in [0.1, 0.15) is 16.9 Å². The molecule has 0 aliphatic heterocycles. The van der Waals surface area contributed by atoms with E-state index >= 15 is 0 Å². The SMILES string of the molecule is CC(CN)Nc1nccc(C#N)c1Cl. The lowest BCUT2D eigenvalue weighted by Gasteiger charge is -2.13. The highest BCUT2D eigenvalue weighted by atomic mass is 35.5. The molecule has 0 radical (unpaired) electrons. The van der Waals surface area contributed by atoms with Gasteiger partial charge in [-0.25, -0.2) is 4.98 Å². The molecule has 0 aliphatic carbocycles. The first-order valence-electron chi connectivity index (χ1n) is 4.20. The lowest BCUT2D eigenvalue weighted by atomic mass is 10.2. The summed E-state index contributed by atoms with van der Waals surface area (Å²) < 4.78 is 0. The van der Waals surface area contributed by atoms with Crippen molar-refractivity contribution in [3.63, 3.8) is 0 Å². The van der Waals surface area contributed by atoms with Crippen LogP contribution in [0, 0.1) is 11.3 Å². The third kappa shape index (κ3) is 2.34. The zero-order valence-corrected chi connectivity index (χ0v) is 8.54. The van der Waals surface area contributed by atoms with Crippen LogP contribution in [0.2, 0.25) is 5.02 Å². The molecule has 1 aromatic heterocycles. The largest absolute Gasteiger partial charge is 0.365 e. The summed E-state index contributed by atoms with van der Waals surface area (Å²) in [5.74, 6) is 0.503. The van der Waals surface area contributed by atoms with Crippen LogP contribution in [0.5, 0.6) is 0 Å². The molecule has 0 saturated carbocycles. The molecule has 1 heterocycles. The maximum atomic E-state index is 8.72. The maximum absolute atomic E-state index is 8.72. The fraction of sp³-hybridized carbons (Fsp3) is 0.333. The fourth-order valence-electron chi connectivity index (χ4n) is 0.923. The average Bonchev–Trinajstić information content (AvgIpc) is 2.21. The molecule has 1 unspecified atom stereocenters. The van der Waals surface area contributed by atoms with Crippen molar-refractivity contribution >= 4 is 17.4 Å². The molecule has 1 aromatic rings. The molecule has 0 saturated heterocycles. The Bertz CT molecular complexity index is 358. The van der Waals surface area contributed by atoms with Gasteiger partial charge in [-0.15, -0.1) is 0 Å². The highest BCUT2D eigenvalue weighted by Crippen LogP contribution is 2.22. The lowest BCUT2D eigenvalue weighted by molar-refractivity contribution is 0.798. The van der Waals surface area contributed by atoms with Crippen LogP contribution < -0.4 is 11.1 Å². The number of anilines is 1. The summed E-state index contributed by atoms with van der Waals surface area (Å²) in [6.07, 6.45) is 1.54. The maximum Gasteiger partial charge on any atom is 0.146 e. The first-order valence-corrected chi connectivity index (χ1v) is 4.58. The quantitative estimate of drug-likeness (QED) is 0.790. The highest BCUT2D eigenvalue weighted by Gasteiger charge is 2.08. The Labute approximate surface area is 87.7 Å². The Hall–Kier alpha value is -1.31. The first-order chi connectivity index (χ1) is 6.69. The predicted molar refractivity (Wildman–Crippen MR) is 56.1 cm³/mol. The number of nitrogens with zero attached hydrogens (tertiary/aromatic N) is 2. The van der Waals surface area contributed by atoms with E-state index in [0.717, 1.165) is 0 Å². The zero-order chi connectivity index (χ0) is 10.6. The molecule has 74 valence electrons. The van der Waals surface area contributed by atoms with Gasteiger partial charge in [-0.2, -0.15) is 5.26 Å². The van der Waals surface area contributed by atoms with Crippen LogP contribution in [0.3, 0.4) is 0 Å². The number of aromatic nitrogens is 1. The highest BCUT2D eigenvalue weighted by molar-refractivity contribution is 6.34. The molecule has 0 spiro atoms. The van der Waals surface area contributed by atoms with E-state index in [2.05, 4.69) is 10.3 Å². The Morgan fingerprint density at radius 2 is 2.50 bits per heavy atom. The number of hydrogen-bond donors (Lipinski definition) is 2. The predicted octanol–water partition coefficient (Wildman–Crippen LogP) is 1.37. The first kappa shape index (κ1) is 10.8. The number of pyridine rings is 1. The minimum Gasteiger partial charge on any atom is -0.365 e. The van der Waals surface area contributed by atoms with E-state index in [1.165, 1.54) is 6.20 Å². The monoisotopic (exact) mass is 210 g/mol. The standard InChI is InChI=1S/C9H11ClN4/c1-6(4-11)14-9-8(10)7(5-12)2-3-13-9/h2-3,6H,4,11H2,1H3,(H,13,14). The summed E-state index contributed by atoms with van der Waals surface area (Å²) in [5, 5.41) is 12.1. The molecule has 14 heavy (non-hydrogen) atoms. The number of rotatable bonds is 3. The molecule has 4 nitrogen and oxygen atoms in total. The van der Waals surface area contributed by atoms with E-state index in [4.69, 9.17) is 22.6 Å². The molecule has 0 aliphatic rings. The topological polar surface area (TPSA) is 74.7 Å². The summed E-state index contributed by atoms with van der Waals surface area (Å²) in [5.41, 5.74) is 5.85. The second-order valence-corrected chi connectivity index (χ2v) is 3.29. The van der Waals surface area contributed by atoms with Gasteiger partial charge < -0.3 is 11.1 Å². The van der Waals surface area contributed by atoms with Crippen molar-refractivity contribution in [2.75, 3.05) is 11.9 Å². The number of nitrogens with one attached hydrogen (secondary N) is 1. The van der Waals surface area contributed by atoms with Gasteiger partial charge in [-0.3, -0.25) is 0 Å². The van der Waals surface area contributed by atoms with Crippen LogP contribution in [0.15, 0.2) is 12.3 Å². The van der Waals surface area contributed by atoms with Crippen molar-refractivity contribution < 1.29 is 0 Å². The summed E-state index contributed by atoms with van der Waals surface area (Å²) >= 11 is 5.92. The minimum atomic E-state index is 0.0777. The van der Waals surface area contributed by atoms with Gasteiger partial charge in [0, 0.05) is 18.8 Å². The van der Waals surface area contributed by atoms with Crippen molar-refractivity contribution in [3.8, 4) is 6.07 Å². The van der Waals surface area contributed by atoms with Gasteiger partial charge in [-0.05, 0) is 13.0 Å². The Kier molecular flexibility index (Phi) is 3.69. The third-order valence-electron chi connectivity index (χ3n) is 1.75. The lowest BCUT2D eigenvalue weighted by Crippen LogP contribution is -2.25. The van der Waals surface area contributed by atoms with E-state index in [9.17, 15) is 0 Å². The van der Waals surface area contributed by atoms with Crippen molar-refractivity contribution in [2.24, 2.45) is 5.73 Å². The molecular formula is C9H11ClN4. The number of hydrogen-bond acceptors (Lipinski definition) is 4. The van der Waals surface area contributed by atoms with Crippen LogP contribution in [0.1, 0.15) is 12.5 Å². The second-order valence-electron chi connectivity index (χ2n) is 2.91. The smallest absolute Gasteiger partial charge is 0.146 e. The van der Waals surface area contributed by atoms with Crippen molar-refractivity contribution in [1.29, 1.82) is 5.26 Å². The Balaban J connectivity index is 2.94. The van der Waals surface area contributed by atoms with Crippen molar-refractivity contribution in [1.82, 2.24) is 4.98 Å². The number of halogens is 1. The van der Waals surface area contributed by atoms with E-state index in [1.54, 1.807) is 6.07 Å². The number of nitriles is 1. The van der Waals surface area contributed by atoms with Crippen LogP contribution in [-0.2, 0) is 0 Å². The van der Waals surface area contributed by atoms with Crippen molar-refractivity contribution in [3.05, 3.63) is 22.8 Å². The summed E-state index contributed by atoms with van der Waals surface area (Å²) in [6, 6.07) is 3.63. The number of nitrogens with two attached hydrogens (primary N) is 1. The van der Waals surface area contributed by atoms with Crippen LogP contribution >= 0.6 is 11.6 Å². The van der Waals surface area contributed by atoms with E-state index in [1.807, 2.05) is 13.0 Å². The van der Waals surface area contributed by atoms with E-state index < -0.39 is 0 Å². The van der Waals surface area contributed by atoms with Gasteiger partial charge >= 0.3 is 0 Å². The molecular weight excluding hydrogens is 200 g/mol. The molecule has 0 fully saturated rings. The summed E-state index contributed by atoms with van der Waals surface area (Å²) in [7, 11) is 0. The fourth-order valence-corrected chi connectivity index (χ4v) is 1.13. The van der Waals surface area contributed by atoms with Gasteiger partial charge in [0.25, 0.3) is 0 Å². The van der Waals surface area contributed by atoms with Crippen LogP contribution in [-0.4, -0.2) is 17.6 Å². The van der Waals surface area contributed by atoms with Crippen LogP contribution in [0.4, 0.5) is 5.82 Å². The average molecular weight is 211 g/mol. The van der Waals surface area contributed by atoms with Gasteiger partial charge in [-0.1, -0.05) is 11.6 Å². The molecule has 0 aromatic carbocycles. The molecule has 5 heteroatoms. The molecule has 0 amide bonds. The molecule has 3 N–H and O–H groups in total. The zero-order valence-electron chi connectivity index (χ0n) is 7.79. The summed E-state index contributed by atoms with van der Waals surface area (Å²) in [4.78, 5) is 4.03.